The fourth-order valence-electron chi connectivity index (χ4n) is 0.534. The Bertz CT molecular complexity index is 127. The van der Waals surface area contributed by atoms with Gasteiger partial charge in [0.1, 0.15) is 0 Å². The number of allylic oxidation sites excluding steroid dienone is 3. The van der Waals surface area contributed by atoms with E-state index in [0.29, 0.717) is 6.42 Å². The molecule has 0 aromatic heterocycles. The monoisotopic (exact) mass is 213 g/mol. The van der Waals surface area contributed by atoms with E-state index >= 15 is 0 Å². The second-order valence-corrected chi connectivity index (χ2v) is 1.66. The van der Waals surface area contributed by atoms with Gasteiger partial charge in [-0.15, -0.1) is 0 Å². The Labute approximate surface area is 87.4 Å². The van der Waals surface area contributed by atoms with Crippen LogP contribution in [0.1, 0.15) is 6.42 Å². The van der Waals surface area contributed by atoms with Crippen LogP contribution in [0.5, 0.6) is 0 Å². The molecule has 0 amide bonds. The molecule has 1 N–H and O–H groups in total. The Morgan fingerprint density at radius 3 is 2.30 bits per heavy atom. The van der Waals surface area contributed by atoms with Crippen LogP contribution in [0.2, 0.25) is 0 Å². The van der Waals surface area contributed by atoms with Gasteiger partial charge < -0.3 is 5.11 Å². The summed E-state index contributed by atoms with van der Waals surface area (Å²) >= 11 is 0. The van der Waals surface area contributed by atoms with E-state index in [1.165, 1.54) is 0 Å². The molecular formula is C8H12OY. The van der Waals surface area contributed by atoms with Crippen molar-refractivity contribution in [2.75, 3.05) is 6.61 Å². The first-order valence-corrected chi connectivity index (χ1v) is 2.90. The van der Waals surface area contributed by atoms with E-state index in [1.807, 2.05) is 6.08 Å². The van der Waals surface area contributed by atoms with E-state index < -0.39 is 0 Å². The molecule has 0 bridgehead atoms. The Morgan fingerprint density at radius 2 is 2.00 bits per heavy atom. The van der Waals surface area contributed by atoms with Gasteiger partial charge in [0.05, 0.1) is 0 Å². The summed E-state index contributed by atoms with van der Waals surface area (Å²) in [5.41, 5.74) is 1.02. The average molecular weight is 213 g/mol. The smallest absolute Gasteiger partial charge is 0.0471 e. The van der Waals surface area contributed by atoms with Crippen molar-refractivity contribution in [3.8, 4) is 0 Å². The van der Waals surface area contributed by atoms with Gasteiger partial charge in [-0.25, -0.2) is 0 Å². The molecule has 0 heterocycles. The molecule has 0 aliphatic rings. The summed E-state index contributed by atoms with van der Waals surface area (Å²) in [6, 6.07) is 0. The SMILES string of the molecule is C=C/C=C(\C=C)CCO.[Y]. The fourth-order valence-corrected chi connectivity index (χ4v) is 0.534. The third kappa shape index (κ3) is 6.40. The van der Waals surface area contributed by atoms with Crippen LogP contribution in [0, 0.1) is 0 Å². The number of hydrogen-bond acceptors (Lipinski definition) is 1. The van der Waals surface area contributed by atoms with Gasteiger partial charge >= 0.3 is 0 Å². The standard InChI is InChI=1S/C8H12O.Y/c1-3-5-8(4-2)6-7-9;/h3-5,9H,1-2,6-7H2;/b8-5+;. The molecular weight excluding hydrogens is 201 g/mol. The van der Waals surface area contributed by atoms with Gasteiger partial charge in [-0.3, -0.25) is 0 Å². The van der Waals surface area contributed by atoms with Crippen LogP contribution in [0.15, 0.2) is 37.0 Å². The van der Waals surface area contributed by atoms with Gasteiger partial charge in [0, 0.05) is 39.3 Å². The van der Waals surface area contributed by atoms with Gasteiger partial charge in [-0.1, -0.05) is 31.4 Å². The molecule has 0 spiro atoms. The van der Waals surface area contributed by atoms with Crippen LogP contribution in [-0.2, 0) is 32.7 Å². The Hall–Kier alpha value is 0.284. The minimum Gasteiger partial charge on any atom is -0.396 e. The largest absolute Gasteiger partial charge is 0.396 e. The van der Waals surface area contributed by atoms with Crippen molar-refractivity contribution in [3.63, 3.8) is 0 Å². The van der Waals surface area contributed by atoms with Crippen LogP contribution in [0.3, 0.4) is 0 Å². The molecule has 0 aliphatic heterocycles. The minimum atomic E-state index is 0. The van der Waals surface area contributed by atoms with E-state index in [0.717, 1.165) is 5.57 Å². The van der Waals surface area contributed by atoms with Gasteiger partial charge in [0.25, 0.3) is 0 Å². The maximum atomic E-state index is 8.47. The molecule has 0 saturated carbocycles. The van der Waals surface area contributed by atoms with Crippen molar-refractivity contribution in [1.82, 2.24) is 0 Å². The topological polar surface area (TPSA) is 20.2 Å². The minimum absolute atomic E-state index is 0. The molecule has 0 aliphatic carbocycles. The van der Waals surface area contributed by atoms with Crippen molar-refractivity contribution < 1.29 is 37.8 Å². The van der Waals surface area contributed by atoms with E-state index in [1.54, 1.807) is 12.2 Å². The summed E-state index contributed by atoms with van der Waals surface area (Å²) in [5, 5.41) is 8.47. The second kappa shape index (κ2) is 9.28. The maximum absolute atomic E-state index is 8.47. The molecule has 0 rings (SSSR count). The van der Waals surface area contributed by atoms with Crippen LogP contribution < -0.4 is 0 Å². The molecule has 2 heteroatoms. The Morgan fingerprint density at radius 1 is 1.40 bits per heavy atom. The van der Waals surface area contributed by atoms with Gasteiger partial charge in [-0.2, -0.15) is 0 Å². The normalized spacial score (nSPS) is 9.90. The van der Waals surface area contributed by atoms with Crippen molar-refractivity contribution in [2.45, 2.75) is 6.42 Å². The van der Waals surface area contributed by atoms with E-state index in [4.69, 9.17) is 5.11 Å². The van der Waals surface area contributed by atoms with Crippen LogP contribution in [0.4, 0.5) is 0 Å². The summed E-state index contributed by atoms with van der Waals surface area (Å²) in [6.07, 6.45) is 5.91. The average Bonchev–Trinajstić information content (AvgIpc) is 1.88. The van der Waals surface area contributed by atoms with E-state index in [-0.39, 0.29) is 39.3 Å². The van der Waals surface area contributed by atoms with Gasteiger partial charge in [0.15, 0.2) is 0 Å². The Kier molecular flexibility index (Phi) is 12.0. The summed E-state index contributed by atoms with van der Waals surface area (Å²) in [4.78, 5) is 0. The first-order valence-electron chi connectivity index (χ1n) is 2.90. The van der Waals surface area contributed by atoms with E-state index in [2.05, 4.69) is 13.2 Å². The molecule has 53 valence electrons. The number of aliphatic hydroxyl groups is 1. The quantitative estimate of drug-likeness (QED) is 0.704. The molecule has 1 radical (unpaired) electrons. The fraction of sp³-hybridized carbons (Fsp3) is 0.250. The summed E-state index contributed by atoms with van der Waals surface area (Å²) in [7, 11) is 0. The number of rotatable bonds is 4. The van der Waals surface area contributed by atoms with Gasteiger partial charge in [-0.05, 0) is 12.0 Å². The third-order valence-electron chi connectivity index (χ3n) is 0.995. The summed E-state index contributed by atoms with van der Waals surface area (Å²) in [5.74, 6) is 0. The molecule has 0 unspecified atom stereocenters. The number of aliphatic hydroxyl groups excluding tert-OH is 1. The zero-order chi connectivity index (χ0) is 7.11. The first kappa shape index (κ1) is 12.9. The van der Waals surface area contributed by atoms with Crippen molar-refractivity contribution in [3.05, 3.63) is 37.0 Å². The molecule has 10 heavy (non-hydrogen) atoms. The molecule has 0 aromatic rings. The molecule has 0 aromatic carbocycles. The van der Waals surface area contributed by atoms with Crippen LogP contribution >= 0.6 is 0 Å². The van der Waals surface area contributed by atoms with Crippen LogP contribution in [-0.4, -0.2) is 11.7 Å². The Balaban J connectivity index is 0. The zero-order valence-electron chi connectivity index (χ0n) is 6.09. The second-order valence-electron chi connectivity index (χ2n) is 1.66. The predicted molar refractivity (Wildman–Crippen MR) is 40.2 cm³/mol. The molecule has 1 nitrogen and oxygen atoms in total. The zero-order valence-corrected chi connectivity index (χ0v) is 8.92. The third-order valence-corrected chi connectivity index (χ3v) is 0.995. The molecule has 0 atom stereocenters. The van der Waals surface area contributed by atoms with E-state index in [9.17, 15) is 0 Å². The number of hydrogen-bond donors (Lipinski definition) is 1. The first-order chi connectivity index (χ1) is 4.35. The van der Waals surface area contributed by atoms with Crippen molar-refractivity contribution in [1.29, 1.82) is 0 Å². The van der Waals surface area contributed by atoms with Crippen molar-refractivity contribution in [2.24, 2.45) is 0 Å². The van der Waals surface area contributed by atoms with Crippen molar-refractivity contribution >= 4 is 0 Å². The molecule has 0 saturated heterocycles. The summed E-state index contributed by atoms with van der Waals surface area (Å²) < 4.78 is 0. The molecule has 0 fully saturated rings. The summed E-state index contributed by atoms with van der Waals surface area (Å²) in [6.45, 7) is 7.27. The van der Waals surface area contributed by atoms with Crippen LogP contribution in [0.25, 0.3) is 0 Å². The maximum Gasteiger partial charge on any atom is 0.0471 e. The van der Waals surface area contributed by atoms with Gasteiger partial charge in [0.2, 0.25) is 0 Å². The predicted octanol–water partition coefficient (Wildman–Crippen LogP) is 1.66.